The average Bonchev–Trinajstić information content (AvgIpc) is 2.32. The molecule has 0 spiro atoms. The van der Waals surface area contributed by atoms with Gasteiger partial charge in [0.1, 0.15) is 0 Å². The third kappa shape index (κ3) is 6.86. The Morgan fingerprint density at radius 3 is 2.00 bits per heavy atom. The molecule has 0 rings (SSSR count). The van der Waals surface area contributed by atoms with Crippen molar-refractivity contribution >= 4 is 20.3 Å². The zero-order valence-electron chi connectivity index (χ0n) is 13.1. The van der Waals surface area contributed by atoms with E-state index in [2.05, 4.69) is 6.58 Å². The van der Waals surface area contributed by atoms with Crippen molar-refractivity contribution in [2.45, 2.75) is 46.0 Å². The summed E-state index contributed by atoms with van der Waals surface area (Å²) in [6.07, 6.45) is 0.965. The van der Waals surface area contributed by atoms with Gasteiger partial charge in [0.15, 0.2) is 14.4 Å². The largest absolute Gasteiger partial charge is 0.466 e. The molecule has 2 atom stereocenters. The number of ether oxygens (including phenoxy) is 2. The first kappa shape index (κ1) is 18.9. The molecular formula is C14H26O5Si. The van der Waals surface area contributed by atoms with Gasteiger partial charge in [0.2, 0.25) is 0 Å². The molecule has 6 heteroatoms. The van der Waals surface area contributed by atoms with Crippen molar-refractivity contribution in [3.8, 4) is 0 Å². The Labute approximate surface area is 122 Å². The molecule has 0 N–H and O–H groups in total. The summed E-state index contributed by atoms with van der Waals surface area (Å²) in [5, 5.41) is 0. The predicted molar refractivity (Wildman–Crippen MR) is 79.8 cm³/mol. The Kier molecular flexibility index (Phi) is 8.41. The number of hydrogen-bond donors (Lipinski definition) is 0. The lowest BCUT2D eigenvalue weighted by atomic mass is 9.99. The maximum Gasteiger partial charge on any atom is 0.334 e. The van der Waals surface area contributed by atoms with E-state index in [1.807, 2.05) is 19.6 Å². The molecule has 0 bridgehead atoms. The van der Waals surface area contributed by atoms with Crippen LogP contribution in [0, 0.1) is 5.92 Å². The van der Waals surface area contributed by atoms with Crippen LogP contribution in [0.15, 0.2) is 12.7 Å². The lowest BCUT2D eigenvalue weighted by molar-refractivity contribution is -0.164. The van der Waals surface area contributed by atoms with Crippen molar-refractivity contribution in [3.63, 3.8) is 0 Å². The highest BCUT2D eigenvalue weighted by atomic mass is 28.4. The zero-order valence-corrected chi connectivity index (χ0v) is 14.1. The summed E-state index contributed by atoms with van der Waals surface area (Å²) in [5.41, 5.74) is 0. The summed E-state index contributed by atoms with van der Waals surface area (Å²) in [5.74, 6) is -1.68. The van der Waals surface area contributed by atoms with Crippen LogP contribution < -0.4 is 0 Å². The van der Waals surface area contributed by atoms with Crippen molar-refractivity contribution in [3.05, 3.63) is 12.7 Å². The van der Waals surface area contributed by atoms with E-state index < -0.39 is 32.3 Å². The summed E-state index contributed by atoms with van der Waals surface area (Å²) in [6.45, 7) is 13.4. The predicted octanol–water partition coefficient (Wildman–Crippen LogP) is 2.53. The second-order valence-electron chi connectivity index (χ2n) is 5.29. The Bertz CT molecular complexity index is 335. The lowest BCUT2D eigenvalue weighted by Crippen LogP contribution is -2.45. The van der Waals surface area contributed by atoms with Gasteiger partial charge in [-0.1, -0.05) is 6.08 Å². The minimum absolute atomic E-state index is 0.244. The fraction of sp³-hybridized carbons (Fsp3) is 0.714. The summed E-state index contributed by atoms with van der Waals surface area (Å²) in [7, 11) is -2.02. The maximum absolute atomic E-state index is 12.1. The number of rotatable bonds is 9. The molecule has 116 valence electrons. The molecule has 20 heavy (non-hydrogen) atoms. The SMILES string of the molecule is C=CC[C@H](C(=O)OCC)[C@@H](O[Si](C)(C)C)C(=O)OCC. The van der Waals surface area contributed by atoms with Gasteiger partial charge in [-0.25, -0.2) is 4.79 Å². The third-order valence-corrected chi connectivity index (χ3v) is 3.34. The van der Waals surface area contributed by atoms with Crippen LogP contribution in [-0.2, 0) is 23.5 Å². The standard InChI is InChI=1S/C14H26O5Si/c1-7-10-11(13(15)17-8-2)12(14(16)18-9-3)19-20(4,5)6/h7,11-12H,1,8-10H2,2-6H3/t11-,12+/m0/s1. The van der Waals surface area contributed by atoms with Crippen molar-refractivity contribution in [1.29, 1.82) is 0 Å². The topological polar surface area (TPSA) is 61.8 Å². The number of esters is 2. The Morgan fingerprint density at radius 1 is 1.10 bits per heavy atom. The molecule has 0 heterocycles. The highest BCUT2D eigenvalue weighted by Crippen LogP contribution is 2.21. The van der Waals surface area contributed by atoms with Crippen LogP contribution >= 0.6 is 0 Å². The number of carbonyl (C=O) groups is 2. The van der Waals surface area contributed by atoms with Gasteiger partial charge >= 0.3 is 11.9 Å². The Balaban J connectivity index is 5.23. The molecule has 0 aliphatic carbocycles. The number of hydrogen-bond acceptors (Lipinski definition) is 5. The highest BCUT2D eigenvalue weighted by Gasteiger charge is 2.38. The second kappa shape index (κ2) is 8.92. The van der Waals surface area contributed by atoms with E-state index in [1.165, 1.54) is 0 Å². The minimum atomic E-state index is -2.02. The quantitative estimate of drug-likeness (QED) is 0.372. The molecule has 0 aromatic heterocycles. The van der Waals surface area contributed by atoms with Crippen molar-refractivity contribution in [1.82, 2.24) is 0 Å². The second-order valence-corrected chi connectivity index (χ2v) is 9.75. The van der Waals surface area contributed by atoms with Crippen LogP contribution in [0.1, 0.15) is 20.3 Å². The van der Waals surface area contributed by atoms with Crippen LogP contribution in [0.3, 0.4) is 0 Å². The van der Waals surface area contributed by atoms with Gasteiger partial charge in [0, 0.05) is 0 Å². The molecule has 0 fully saturated rings. The normalized spacial score (nSPS) is 14.2. The molecule has 0 aromatic carbocycles. The fourth-order valence-corrected chi connectivity index (χ4v) is 2.69. The maximum atomic E-state index is 12.1. The lowest BCUT2D eigenvalue weighted by Gasteiger charge is -2.29. The van der Waals surface area contributed by atoms with Gasteiger partial charge in [-0.3, -0.25) is 4.79 Å². The van der Waals surface area contributed by atoms with E-state index in [9.17, 15) is 9.59 Å². The molecule has 0 amide bonds. The van der Waals surface area contributed by atoms with E-state index in [0.29, 0.717) is 6.42 Å². The van der Waals surface area contributed by atoms with E-state index in [0.717, 1.165) is 0 Å². The van der Waals surface area contributed by atoms with Crippen molar-refractivity contribution in [2.24, 2.45) is 5.92 Å². The average molecular weight is 302 g/mol. The summed E-state index contributed by atoms with van der Waals surface area (Å²) < 4.78 is 15.9. The van der Waals surface area contributed by atoms with Gasteiger partial charge < -0.3 is 13.9 Å². The van der Waals surface area contributed by atoms with Gasteiger partial charge in [0.05, 0.1) is 19.1 Å². The Morgan fingerprint density at radius 2 is 1.60 bits per heavy atom. The van der Waals surface area contributed by atoms with Gasteiger partial charge in [-0.05, 0) is 39.9 Å². The third-order valence-electron chi connectivity index (χ3n) is 2.37. The van der Waals surface area contributed by atoms with Crippen LogP contribution in [0.5, 0.6) is 0 Å². The molecular weight excluding hydrogens is 276 g/mol. The molecule has 0 saturated carbocycles. The molecule has 0 aliphatic rings. The first-order valence-electron chi connectivity index (χ1n) is 6.88. The van der Waals surface area contributed by atoms with Gasteiger partial charge in [-0.2, -0.15) is 0 Å². The van der Waals surface area contributed by atoms with Gasteiger partial charge in [-0.15, -0.1) is 6.58 Å². The van der Waals surface area contributed by atoms with E-state index in [4.69, 9.17) is 13.9 Å². The number of allylic oxidation sites excluding steroid dienone is 1. The number of carbonyl (C=O) groups excluding carboxylic acids is 2. The molecule has 0 saturated heterocycles. The zero-order chi connectivity index (χ0) is 15.8. The monoisotopic (exact) mass is 302 g/mol. The van der Waals surface area contributed by atoms with Crippen molar-refractivity contribution < 1.29 is 23.5 Å². The smallest absolute Gasteiger partial charge is 0.334 e. The van der Waals surface area contributed by atoms with E-state index >= 15 is 0 Å². The van der Waals surface area contributed by atoms with Crippen LogP contribution in [-0.4, -0.2) is 39.6 Å². The van der Waals surface area contributed by atoms with E-state index in [1.54, 1.807) is 19.9 Å². The summed E-state index contributed by atoms with van der Waals surface area (Å²) in [6, 6.07) is 0. The summed E-state index contributed by atoms with van der Waals surface area (Å²) in [4.78, 5) is 24.1. The molecule has 0 radical (unpaired) electrons. The van der Waals surface area contributed by atoms with Gasteiger partial charge in [0.25, 0.3) is 0 Å². The highest BCUT2D eigenvalue weighted by molar-refractivity contribution is 6.69. The molecule has 5 nitrogen and oxygen atoms in total. The molecule has 0 aliphatic heterocycles. The Hall–Kier alpha value is -1.14. The molecule has 0 unspecified atom stereocenters. The summed E-state index contributed by atoms with van der Waals surface area (Å²) >= 11 is 0. The van der Waals surface area contributed by atoms with E-state index in [-0.39, 0.29) is 13.2 Å². The van der Waals surface area contributed by atoms with Crippen LogP contribution in [0.25, 0.3) is 0 Å². The van der Waals surface area contributed by atoms with Crippen molar-refractivity contribution in [2.75, 3.05) is 13.2 Å². The first-order chi connectivity index (χ1) is 9.26. The first-order valence-corrected chi connectivity index (χ1v) is 10.3. The van der Waals surface area contributed by atoms with Crippen LogP contribution in [0.4, 0.5) is 0 Å². The molecule has 0 aromatic rings. The van der Waals surface area contributed by atoms with Crippen LogP contribution in [0.2, 0.25) is 19.6 Å². The minimum Gasteiger partial charge on any atom is -0.466 e. The fourth-order valence-electron chi connectivity index (χ4n) is 1.67.